The molecule has 2 aromatic heterocycles. The molecule has 0 aliphatic carbocycles. The number of carbonyl (C=O) groups excluding carboxylic acids is 1. The maximum absolute atomic E-state index is 13.0. The van der Waals surface area contributed by atoms with Gasteiger partial charge in [-0.25, -0.2) is 9.37 Å². The molecule has 2 heterocycles. The SMILES string of the molecule is O=C(CCc1cccc(Oc2ccc(F)cc2)c1)Nc1nc(-c2cccnc2)cs1. The summed E-state index contributed by atoms with van der Waals surface area (Å²) in [4.78, 5) is 20.8. The van der Waals surface area contributed by atoms with E-state index in [1.807, 2.05) is 41.8 Å². The summed E-state index contributed by atoms with van der Waals surface area (Å²) < 4.78 is 18.8. The maximum atomic E-state index is 13.0. The predicted molar refractivity (Wildman–Crippen MR) is 115 cm³/mol. The highest BCUT2D eigenvalue weighted by atomic mass is 32.1. The first-order valence-corrected chi connectivity index (χ1v) is 10.2. The van der Waals surface area contributed by atoms with E-state index >= 15 is 0 Å². The highest BCUT2D eigenvalue weighted by Crippen LogP contribution is 2.25. The first-order chi connectivity index (χ1) is 14.7. The fourth-order valence-electron chi connectivity index (χ4n) is 2.82. The molecule has 1 N–H and O–H groups in total. The first-order valence-electron chi connectivity index (χ1n) is 9.34. The third kappa shape index (κ3) is 5.27. The number of hydrogen-bond acceptors (Lipinski definition) is 5. The molecule has 0 spiro atoms. The van der Waals surface area contributed by atoms with Crippen LogP contribution in [0.25, 0.3) is 11.3 Å². The Kier molecular flexibility index (Phi) is 6.10. The number of pyridine rings is 1. The Morgan fingerprint density at radius 1 is 1.07 bits per heavy atom. The number of nitrogens with one attached hydrogen (secondary N) is 1. The number of rotatable bonds is 7. The molecule has 2 aromatic carbocycles. The van der Waals surface area contributed by atoms with Crippen LogP contribution in [-0.2, 0) is 11.2 Å². The van der Waals surface area contributed by atoms with Gasteiger partial charge in [-0.1, -0.05) is 12.1 Å². The summed E-state index contributed by atoms with van der Waals surface area (Å²) in [5.74, 6) is 0.780. The van der Waals surface area contributed by atoms with Crippen molar-refractivity contribution in [1.82, 2.24) is 9.97 Å². The number of amides is 1. The smallest absolute Gasteiger partial charge is 0.226 e. The molecule has 1 amide bonds. The fraction of sp³-hybridized carbons (Fsp3) is 0.0870. The summed E-state index contributed by atoms with van der Waals surface area (Å²) in [6, 6.07) is 17.1. The molecule has 4 rings (SSSR count). The number of carbonyl (C=O) groups is 1. The zero-order valence-corrected chi connectivity index (χ0v) is 16.7. The van der Waals surface area contributed by atoms with Crippen LogP contribution in [0.3, 0.4) is 0 Å². The maximum Gasteiger partial charge on any atom is 0.226 e. The lowest BCUT2D eigenvalue weighted by molar-refractivity contribution is -0.116. The van der Waals surface area contributed by atoms with Crippen LogP contribution in [0.4, 0.5) is 9.52 Å². The van der Waals surface area contributed by atoms with Crippen LogP contribution in [0.2, 0.25) is 0 Å². The number of aromatic nitrogens is 2. The average molecular weight is 419 g/mol. The van der Waals surface area contributed by atoms with Gasteiger partial charge in [-0.3, -0.25) is 9.78 Å². The van der Waals surface area contributed by atoms with Crippen LogP contribution in [0, 0.1) is 5.82 Å². The fourth-order valence-corrected chi connectivity index (χ4v) is 3.56. The lowest BCUT2D eigenvalue weighted by atomic mass is 10.1. The monoisotopic (exact) mass is 419 g/mol. The molecule has 0 saturated heterocycles. The van der Waals surface area contributed by atoms with Gasteiger partial charge in [0.2, 0.25) is 5.91 Å². The van der Waals surface area contributed by atoms with Crippen molar-refractivity contribution in [3.8, 4) is 22.8 Å². The van der Waals surface area contributed by atoms with E-state index in [2.05, 4.69) is 15.3 Å². The normalized spacial score (nSPS) is 10.6. The number of nitrogens with zero attached hydrogens (tertiary/aromatic N) is 2. The molecule has 0 radical (unpaired) electrons. The van der Waals surface area contributed by atoms with Crippen molar-refractivity contribution >= 4 is 22.4 Å². The average Bonchev–Trinajstić information content (AvgIpc) is 3.23. The zero-order chi connectivity index (χ0) is 20.8. The van der Waals surface area contributed by atoms with Gasteiger partial charge in [-0.2, -0.15) is 0 Å². The third-order valence-electron chi connectivity index (χ3n) is 4.30. The molecule has 0 bridgehead atoms. The summed E-state index contributed by atoms with van der Waals surface area (Å²) in [6.45, 7) is 0. The van der Waals surface area contributed by atoms with Crippen LogP contribution < -0.4 is 10.1 Å². The molecule has 0 saturated carbocycles. The minimum Gasteiger partial charge on any atom is -0.457 e. The van der Waals surface area contributed by atoms with Crippen LogP contribution in [0.15, 0.2) is 78.4 Å². The Morgan fingerprint density at radius 3 is 2.73 bits per heavy atom. The third-order valence-corrected chi connectivity index (χ3v) is 5.05. The summed E-state index contributed by atoms with van der Waals surface area (Å²) in [5, 5.41) is 5.30. The van der Waals surface area contributed by atoms with E-state index < -0.39 is 0 Å². The quantitative estimate of drug-likeness (QED) is 0.417. The van der Waals surface area contributed by atoms with Crippen molar-refractivity contribution in [3.63, 3.8) is 0 Å². The predicted octanol–water partition coefficient (Wildman–Crippen LogP) is 5.71. The molecule has 0 aliphatic heterocycles. The van der Waals surface area contributed by atoms with Gasteiger partial charge < -0.3 is 10.1 Å². The number of anilines is 1. The number of thiazole rings is 1. The molecule has 7 heteroatoms. The molecule has 0 unspecified atom stereocenters. The number of aryl methyl sites for hydroxylation is 1. The zero-order valence-electron chi connectivity index (χ0n) is 15.9. The molecule has 0 atom stereocenters. The lowest BCUT2D eigenvalue weighted by Gasteiger charge is -2.08. The highest BCUT2D eigenvalue weighted by Gasteiger charge is 2.09. The van der Waals surface area contributed by atoms with Gasteiger partial charge >= 0.3 is 0 Å². The largest absolute Gasteiger partial charge is 0.457 e. The van der Waals surface area contributed by atoms with Crippen LogP contribution in [0.1, 0.15) is 12.0 Å². The van der Waals surface area contributed by atoms with Crippen molar-refractivity contribution in [2.75, 3.05) is 5.32 Å². The molecule has 0 aliphatic rings. The molecule has 4 aromatic rings. The van der Waals surface area contributed by atoms with Crippen molar-refractivity contribution in [2.24, 2.45) is 0 Å². The standard InChI is InChI=1S/C23H18FN3O2S/c24-18-7-9-19(10-8-18)29-20-5-1-3-16(13-20)6-11-22(28)27-23-26-21(15-30-23)17-4-2-12-25-14-17/h1-5,7-10,12-15H,6,11H2,(H,26,27,28). The van der Waals surface area contributed by atoms with E-state index in [1.54, 1.807) is 24.5 Å². The molecular formula is C23H18FN3O2S. The van der Waals surface area contributed by atoms with E-state index in [0.717, 1.165) is 16.8 Å². The van der Waals surface area contributed by atoms with Crippen LogP contribution in [-0.4, -0.2) is 15.9 Å². The second-order valence-electron chi connectivity index (χ2n) is 6.53. The summed E-state index contributed by atoms with van der Waals surface area (Å²) in [6.07, 6.45) is 4.33. The lowest BCUT2D eigenvalue weighted by Crippen LogP contribution is -2.12. The van der Waals surface area contributed by atoms with Gasteiger partial charge in [-0.05, 0) is 60.5 Å². The van der Waals surface area contributed by atoms with Crippen LogP contribution >= 0.6 is 11.3 Å². The van der Waals surface area contributed by atoms with Crippen molar-refractivity contribution in [3.05, 3.63) is 89.8 Å². The Balaban J connectivity index is 1.32. The summed E-state index contributed by atoms with van der Waals surface area (Å²) >= 11 is 1.38. The topological polar surface area (TPSA) is 64.1 Å². The van der Waals surface area contributed by atoms with E-state index in [-0.39, 0.29) is 11.7 Å². The number of ether oxygens (including phenoxy) is 1. The molecule has 150 valence electrons. The van der Waals surface area contributed by atoms with Gasteiger partial charge in [0.15, 0.2) is 5.13 Å². The molecular weight excluding hydrogens is 401 g/mol. The van der Waals surface area contributed by atoms with E-state index in [1.165, 1.54) is 23.5 Å². The van der Waals surface area contributed by atoms with Gasteiger partial charge in [0.1, 0.15) is 17.3 Å². The van der Waals surface area contributed by atoms with E-state index in [0.29, 0.717) is 29.5 Å². The second kappa shape index (κ2) is 9.28. The number of hydrogen-bond donors (Lipinski definition) is 1. The van der Waals surface area contributed by atoms with Crippen molar-refractivity contribution in [2.45, 2.75) is 12.8 Å². The van der Waals surface area contributed by atoms with Gasteiger partial charge in [0, 0.05) is 29.8 Å². The Morgan fingerprint density at radius 2 is 1.93 bits per heavy atom. The van der Waals surface area contributed by atoms with Gasteiger partial charge in [0.05, 0.1) is 5.69 Å². The van der Waals surface area contributed by atoms with E-state index in [9.17, 15) is 9.18 Å². The summed E-state index contributed by atoms with van der Waals surface area (Å²) in [5.41, 5.74) is 2.67. The Hall–Kier alpha value is -3.58. The Bertz CT molecular complexity index is 1130. The highest BCUT2D eigenvalue weighted by molar-refractivity contribution is 7.14. The van der Waals surface area contributed by atoms with Crippen molar-refractivity contribution < 1.29 is 13.9 Å². The van der Waals surface area contributed by atoms with Crippen molar-refractivity contribution in [1.29, 1.82) is 0 Å². The van der Waals surface area contributed by atoms with Gasteiger partial charge in [-0.15, -0.1) is 11.3 Å². The first kappa shape index (κ1) is 19.7. The van der Waals surface area contributed by atoms with Gasteiger partial charge in [0.25, 0.3) is 0 Å². The number of benzene rings is 2. The minimum absolute atomic E-state index is 0.105. The second-order valence-corrected chi connectivity index (χ2v) is 7.39. The van der Waals surface area contributed by atoms with Crippen LogP contribution in [0.5, 0.6) is 11.5 Å². The minimum atomic E-state index is -0.310. The van der Waals surface area contributed by atoms with E-state index in [4.69, 9.17) is 4.74 Å². The Labute approximate surface area is 177 Å². The summed E-state index contributed by atoms with van der Waals surface area (Å²) in [7, 11) is 0. The molecule has 5 nitrogen and oxygen atoms in total. The molecule has 0 fully saturated rings. The molecule has 30 heavy (non-hydrogen) atoms. The number of halogens is 1.